The minimum atomic E-state index is -4.72. The van der Waals surface area contributed by atoms with Crippen LogP contribution in [-0.2, 0) is 20.5 Å². The number of rotatable bonds is 6. The van der Waals surface area contributed by atoms with Crippen LogP contribution >= 0.6 is 11.6 Å². The highest BCUT2D eigenvalue weighted by Gasteiger charge is 2.33. The Labute approximate surface area is 177 Å². The molecule has 166 valence electrons. The van der Waals surface area contributed by atoms with Gasteiger partial charge in [0.2, 0.25) is 5.91 Å². The smallest absolute Gasteiger partial charge is 0.417 e. The average Bonchev–Trinajstić information content (AvgIpc) is 2.66. The molecule has 0 bridgehead atoms. The van der Waals surface area contributed by atoms with Crippen molar-refractivity contribution >= 4 is 35.1 Å². The molecule has 0 heterocycles. The second-order valence-electron chi connectivity index (χ2n) is 6.19. The third-order valence-electron chi connectivity index (χ3n) is 3.84. The Balaban J connectivity index is 1.91. The number of benzene rings is 2. The Kier molecular flexibility index (Phi) is 7.55. The number of carbonyl (C=O) groups is 3. The number of nitrogens with zero attached hydrogens (tertiary/aromatic N) is 1. The average molecular weight is 465 g/mol. The summed E-state index contributed by atoms with van der Waals surface area (Å²) in [6.07, 6.45) is -4.72. The van der Waals surface area contributed by atoms with Crippen molar-refractivity contribution in [1.82, 2.24) is 4.90 Å². The van der Waals surface area contributed by atoms with Crippen LogP contribution in [0.15, 0.2) is 36.4 Å². The van der Waals surface area contributed by atoms with Crippen LogP contribution in [0.25, 0.3) is 0 Å². The molecule has 2 aromatic carbocycles. The minimum absolute atomic E-state index is 0.194. The van der Waals surface area contributed by atoms with Gasteiger partial charge >= 0.3 is 12.1 Å². The van der Waals surface area contributed by atoms with E-state index in [1.807, 2.05) is 0 Å². The van der Waals surface area contributed by atoms with Crippen LogP contribution < -0.4 is 5.32 Å². The highest BCUT2D eigenvalue weighted by atomic mass is 35.5. The number of likely N-dealkylation sites (N-methyl/N-ethyl adjacent to an activating group) is 1. The van der Waals surface area contributed by atoms with Gasteiger partial charge < -0.3 is 15.0 Å². The molecule has 2 amide bonds. The van der Waals surface area contributed by atoms with Crippen LogP contribution in [0.4, 0.5) is 27.6 Å². The lowest BCUT2D eigenvalue weighted by atomic mass is 10.2. The molecule has 1 N–H and O–H groups in total. The zero-order valence-electron chi connectivity index (χ0n) is 15.7. The summed E-state index contributed by atoms with van der Waals surface area (Å²) in [5.41, 5.74) is -1.92. The van der Waals surface area contributed by atoms with E-state index in [0.29, 0.717) is 12.1 Å². The third-order valence-corrected chi connectivity index (χ3v) is 4.17. The molecule has 12 heteroatoms. The van der Waals surface area contributed by atoms with Gasteiger partial charge in [0.25, 0.3) is 5.91 Å². The number of nitrogens with one attached hydrogen (secondary N) is 1. The number of hydrogen-bond acceptors (Lipinski definition) is 4. The molecule has 0 aromatic heterocycles. The van der Waals surface area contributed by atoms with E-state index >= 15 is 0 Å². The Morgan fingerprint density at radius 1 is 1.10 bits per heavy atom. The second-order valence-corrected chi connectivity index (χ2v) is 6.60. The van der Waals surface area contributed by atoms with E-state index in [-0.39, 0.29) is 5.69 Å². The summed E-state index contributed by atoms with van der Waals surface area (Å²) in [6.45, 7) is -1.43. The van der Waals surface area contributed by atoms with Crippen molar-refractivity contribution in [2.24, 2.45) is 0 Å². The number of anilines is 1. The van der Waals surface area contributed by atoms with Gasteiger partial charge in [0.1, 0.15) is 11.6 Å². The van der Waals surface area contributed by atoms with E-state index in [2.05, 4.69) is 10.1 Å². The Bertz CT molecular complexity index is 1010. The molecule has 2 rings (SSSR count). The zero-order valence-corrected chi connectivity index (χ0v) is 16.5. The van der Waals surface area contributed by atoms with Gasteiger partial charge in [-0.1, -0.05) is 11.6 Å². The lowest BCUT2D eigenvalue weighted by Crippen LogP contribution is -2.37. The molecule has 0 unspecified atom stereocenters. The lowest BCUT2D eigenvalue weighted by molar-refractivity contribution is -0.137. The molecular formula is C19H14ClF5N2O4. The zero-order chi connectivity index (χ0) is 23.3. The summed E-state index contributed by atoms with van der Waals surface area (Å²) in [5.74, 6) is -4.98. The number of alkyl halides is 3. The van der Waals surface area contributed by atoms with Crippen LogP contribution in [0, 0.1) is 11.6 Å². The van der Waals surface area contributed by atoms with E-state index < -0.39 is 64.9 Å². The Morgan fingerprint density at radius 3 is 2.39 bits per heavy atom. The number of carbonyl (C=O) groups excluding carboxylic acids is 3. The second kappa shape index (κ2) is 9.73. The summed E-state index contributed by atoms with van der Waals surface area (Å²) >= 11 is 5.50. The molecule has 0 saturated carbocycles. The minimum Gasteiger partial charge on any atom is -0.452 e. The highest BCUT2D eigenvalue weighted by molar-refractivity contribution is 6.31. The first-order chi connectivity index (χ1) is 14.4. The van der Waals surface area contributed by atoms with Gasteiger partial charge in [0.15, 0.2) is 6.61 Å². The van der Waals surface area contributed by atoms with Gasteiger partial charge in [-0.25, -0.2) is 13.6 Å². The first-order valence-corrected chi connectivity index (χ1v) is 8.79. The van der Waals surface area contributed by atoms with Crippen LogP contribution in [-0.4, -0.2) is 42.9 Å². The fourth-order valence-corrected chi connectivity index (χ4v) is 2.52. The molecule has 0 saturated heterocycles. The number of hydrogen-bond donors (Lipinski definition) is 1. The predicted octanol–water partition coefficient (Wildman–Crippen LogP) is 3.89. The topological polar surface area (TPSA) is 75.7 Å². The molecule has 31 heavy (non-hydrogen) atoms. The maximum absolute atomic E-state index is 13.5. The normalized spacial score (nSPS) is 11.1. The number of esters is 1. The van der Waals surface area contributed by atoms with Crippen molar-refractivity contribution in [3.8, 4) is 0 Å². The summed E-state index contributed by atoms with van der Waals surface area (Å²) in [6, 6.07) is 4.89. The van der Waals surface area contributed by atoms with E-state index in [9.17, 15) is 36.3 Å². The molecule has 0 aliphatic carbocycles. The van der Waals surface area contributed by atoms with Crippen LogP contribution in [0.1, 0.15) is 15.9 Å². The maximum atomic E-state index is 13.5. The Morgan fingerprint density at radius 2 is 1.77 bits per heavy atom. The Hall–Kier alpha value is -3.21. The van der Waals surface area contributed by atoms with Crippen molar-refractivity contribution in [2.45, 2.75) is 6.18 Å². The van der Waals surface area contributed by atoms with Gasteiger partial charge in [0.05, 0.1) is 22.7 Å². The fraction of sp³-hybridized carbons (Fsp3) is 0.211. The predicted molar refractivity (Wildman–Crippen MR) is 99.4 cm³/mol. The quantitative estimate of drug-likeness (QED) is 0.520. The number of ether oxygens (including phenoxy) is 1. The van der Waals surface area contributed by atoms with Crippen LogP contribution in [0.2, 0.25) is 5.02 Å². The monoisotopic (exact) mass is 464 g/mol. The maximum Gasteiger partial charge on any atom is 0.417 e. The van der Waals surface area contributed by atoms with Gasteiger partial charge in [-0.05, 0) is 30.3 Å². The molecule has 0 spiro atoms. The lowest BCUT2D eigenvalue weighted by Gasteiger charge is -2.17. The van der Waals surface area contributed by atoms with Crippen molar-refractivity contribution in [2.75, 3.05) is 25.5 Å². The van der Waals surface area contributed by atoms with Crippen LogP contribution in [0.5, 0.6) is 0 Å². The molecule has 0 radical (unpaired) electrons. The molecule has 0 atom stereocenters. The summed E-state index contributed by atoms with van der Waals surface area (Å²) in [5, 5.41) is 1.64. The molecule has 0 fully saturated rings. The van der Waals surface area contributed by atoms with Crippen LogP contribution in [0.3, 0.4) is 0 Å². The van der Waals surface area contributed by atoms with E-state index in [1.165, 1.54) is 7.05 Å². The number of halogens is 6. The molecule has 0 aliphatic heterocycles. The number of amides is 2. The molecule has 6 nitrogen and oxygen atoms in total. The molecule has 0 aliphatic rings. The standard InChI is InChI=1S/C19H14ClF5N2O4/c1-27(17(29)9-31-18(30)12-4-2-10(21)6-15(12)22)8-16(28)26-11-3-5-14(20)13(7-11)19(23,24)25/h2-7H,8-9H2,1H3,(H,26,28). The van der Waals surface area contributed by atoms with Crippen molar-refractivity contribution < 1.29 is 41.1 Å². The fourth-order valence-electron chi connectivity index (χ4n) is 2.29. The SMILES string of the molecule is CN(CC(=O)Nc1ccc(Cl)c(C(F)(F)F)c1)C(=O)COC(=O)c1ccc(F)cc1F. The van der Waals surface area contributed by atoms with Gasteiger partial charge in [-0.15, -0.1) is 0 Å². The van der Waals surface area contributed by atoms with Gasteiger partial charge in [0, 0.05) is 18.8 Å². The first-order valence-electron chi connectivity index (χ1n) is 8.41. The van der Waals surface area contributed by atoms with Crippen molar-refractivity contribution in [3.63, 3.8) is 0 Å². The summed E-state index contributed by atoms with van der Waals surface area (Å²) in [4.78, 5) is 36.6. The van der Waals surface area contributed by atoms with E-state index in [0.717, 1.165) is 29.2 Å². The van der Waals surface area contributed by atoms with Crippen molar-refractivity contribution in [3.05, 3.63) is 64.2 Å². The largest absolute Gasteiger partial charge is 0.452 e. The summed E-state index contributed by atoms with van der Waals surface area (Å²) < 4.78 is 69.6. The molecule has 2 aromatic rings. The highest BCUT2D eigenvalue weighted by Crippen LogP contribution is 2.36. The van der Waals surface area contributed by atoms with E-state index in [4.69, 9.17) is 11.6 Å². The summed E-state index contributed by atoms with van der Waals surface area (Å²) in [7, 11) is 1.18. The van der Waals surface area contributed by atoms with Gasteiger partial charge in [-0.2, -0.15) is 13.2 Å². The third kappa shape index (κ3) is 6.64. The first kappa shape index (κ1) is 24.1. The molecular weight excluding hydrogens is 451 g/mol. The van der Waals surface area contributed by atoms with Crippen molar-refractivity contribution in [1.29, 1.82) is 0 Å². The van der Waals surface area contributed by atoms with Gasteiger partial charge in [-0.3, -0.25) is 9.59 Å². The van der Waals surface area contributed by atoms with E-state index in [1.54, 1.807) is 0 Å².